The molecule has 1 fully saturated rings. The Bertz CT molecular complexity index is 1300. The SMILES string of the molecule is O=C(c1ccco1)N1C[C@@H]2C[C@H](C1)c1ccc(NS(=O)(=O)Cc3ccccc3)c(=O)n1C2. The first-order chi connectivity index (χ1) is 15.4. The minimum absolute atomic E-state index is 0.0177. The second-order valence-electron chi connectivity index (χ2n) is 8.42. The number of hydrogen-bond acceptors (Lipinski definition) is 5. The van der Waals surface area contributed by atoms with E-state index >= 15 is 0 Å². The van der Waals surface area contributed by atoms with E-state index in [4.69, 9.17) is 4.42 Å². The lowest BCUT2D eigenvalue weighted by atomic mass is 9.83. The van der Waals surface area contributed by atoms with Gasteiger partial charge in [-0.05, 0) is 42.2 Å². The summed E-state index contributed by atoms with van der Waals surface area (Å²) in [6.45, 7) is 1.47. The molecule has 1 saturated heterocycles. The number of aromatic nitrogens is 1. The molecule has 5 rings (SSSR count). The molecular formula is C23H23N3O5S. The van der Waals surface area contributed by atoms with Crippen molar-refractivity contribution < 1.29 is 17.6 Å². The number of anilines is 1. The maximum Gasteiger partial charge on any atom is 0.289 e. The number of hydrogen-bond donors (Lipinski definition) is 1. The molecule has 2 aromatic heterocycles. The van der Waals surface area contributed by atoms with E-state index in [0.717, 1.165) is 12.1 Å². The zero-order valence-electron chi connectivity index (χ0n) is 17.3. The van der Waals surface area contributed by atoms with Gasteiger partial charge in [0, 0.05) is 31.2 Å². The van der Waals surface area contributed by atoms with Gasteiger partial charge in [0.2, 0.25) is 10.0 Å². The van der Waals surface area contributed by atoms with Crippen molar-refractivity contribution in [2.24, 2.45) is 5.92 Å². The Morgan fingerprint density at radius 3 is 2.59 bits per heavy atom. The number of piperidine rings is 1. The summed E-state index contributed by atoms with van der Waals surface area (Å²) in [5.41, 5.74) is 1.18. The van der Waals surface area contributed by atoms with Crippen molar-refractivity contribution in [3.8, 4) is 0 Å². The average molecular weight is 454 g/mol. The second kappa shape index (κ2) is 7.98. The number of nitrogens with zero attached hydrogens (tertiary/aromatic N) is 2. The maximum absolute atomic E-state index is 13.1. The van der Waals surface area contributed by atoms with Gasteiger partial charge >= 0.3 is 0 Å². The molecule has 9 heteroatoms. The summed E-state index contributed by atoms with van der Waals surface area (Å²) >= 11 is 0. The maximum atomic E-state index is 13.1. The summed E-state index contributed by atoms with van der Waals surface area (Å²) in [7, 11) is -3.73. The van der Waals surface area contributed by atoms with Crippen LogP contribution in [0.3, 0.4) is 0 Å². The van der Waals surface area contributed by atoms with Gasteiger partial charge in [-0.15, -0.1) is 0 Å². The minimum atomic E-state index is -3.73. The third-order valence-electron chi connectivity index (χ3n) is 6.09. The van der Waals surface area contributed by atoms with Crippen LogP contribution in [0.15, 0.2) is 70.1 Å². The number of rotatable bonds is 5. The topological polar surface area (TPSA) is 102 Å². The predicted octanol–water partition coefficient (Wildman–Crippen LogP) is 2.64. The number of benzene rings is 1. The highest BCUT2D eigenvalue weighted by Gasteiger charge is 2.37. The Balaban J connectivity index is 1.37. The number of carbonyl (C=O) groups is 1. The van der Waals surface area contributed by atoms with Crippen molar-refractivity contribution >= 4 is 21.6 Å². The Labute approximate surface area is 185 Å². The van der Waals surface area contributed by atoms with Crippen LogP contribution in [0.5, 0.6) is 0 Å². The molecule has 2 aliphatic rings. The van der Waals surface area contributed by atoms with E-state index < -0.39 is 10.0 Å². The first-order valence-corrected chi connectivity index (χ1v) is 12.2. The highest BCUT2D eigenvalue weighted by atomic mass is 32.2. The molecule has 8 nitrogen and oxygen atoms in total. The van der Waals surface area contributed by atoms with Crippen molar-refractivity contribution in [3.05, 3.63) is 88.2 Å². The highest BCUT2D eigenvalue weighted by Crippen LogP contribution is 2.36. The molecule has 1 aromatic carbocycles. The van der Waals surface area contributed by atoms with Crippen molar-refractivity contribution in [1.82, 2.24) is 9.47 Å². The van der Waals surface area contributed by atoms with Crippen LogP contribution in [0.4, 0.5) is 5.69 Å². The van der Waals surface area contributed by atoms with Crippen molar-refractivity contribution in [3.63, 3.8) is 0 Å². The van der Waals surface area contributed by atoms with Crippen molar-refractivity contribution in [2.45, 2.75) is 24.6 Å². The molecule has 0 spiro atoms. The molecule has 0 saturated carbocycles. The van der Waals surface area contributed by atoms with Crippen LogP contribution in [-0.2, 0) is 22.3 Å². The zero-order valence-corrected chi connectivity index (χ0v) is 18.1. The minimum Gasteiger partial charge on any atom is -0.459 e. The standard InChI is InChI=1S/C23H23N3O5S/c27-22-19(24-32(29,30)15-16-5-2-1-3-6-16)8-9-20-18-11-17(13-26(20)22)12-25(14-18)23(28)21-7-4-10-31-21/h1-10,17-18,24H,11-15H2/t17-,18+/m0/s1. The summed E-state index contributed by atoms with van der Waals surface area (Å²) in [6.07, 6.45) is 2.37. The quantitative estimate of drug-likeness (QED) is 0.640. The number of carbonyl (C=O) groups excluding carboxylic acids is 1. The van der Waals surface area contributed by atoms with Crippen LogP contribution in [-0.4, -0.2) is 36.9 Å². The summed E-state index contributed by atoms with van der Waals surface area (Å²) in [6, 6.07) is 15.5. The Hall–Kier alpha value is -3.33. The Morgan fingerprint density at radius 1 is 1.03 bits per heavy atom. The molecule has 2 aliphatic heterocycles. The zero-order chi connectivity index (χ0) is 22.3. The summed E-state index contributed by atoms with van der Waals surface area (Å²) < 4.78 is 34.6. The van der Waals surface area contributed by atoms with Gasteiger partial charge in [-0.3, -0.25) is 14.3 Å². The highest BCUT2D eigenvalue weighted by molar-refractivity contribution is 7.91. The third-order valence-corrected chi connectivity index (χ3v) is 7.33. The lowest BCUT2D eigenvalue weighted by Gasteiger charge is -2.42. The molecular weight excluding hydrogens is 430 g/mol. The number of sulfonamides is 1. The van der Waals surface area contributed by atoms with Crippen molar-refractivity contribution in [2.75, 3.05) is 17.8 Å². The van der Waals surface area contributed by atoms with Gasteiger partial charge in [0.25, 0.3) is 11.5 Å². The summed E-state index contributed by atoms with van der Waals surface area (Å²) in [5, 5.41) is 0. The number of amides is 1. The van der Waals surface area contributed by atoms with Crippen LogP contribution in [0.25, 0.3) is 0 Å². The van der Waals surface area contributed by atoms with Gasteiger partial charge in [-0.1, -0.05) is 30.3 Å². The first-order valence-electron chi connectivity index (χ1n) is 10.5. The molecule has 0 unspecified atom stereocenters. The largest absolute Gasteiger partial charge is 0.459 e. The smallest absolute Gasteiger partial charge is 0.289 e. The molecule has 166 valence electrons. The number of pyridine rings is 1. The Morgan fingerprint density at radius 2 is 1.84 bits per heavy atom. The molecule has 1 N–H and O–H groups in total. The number of fused-ring (bicyclic) bond motifs is 4. The van der Waals surface area contributed by atoms with Crippen LogP contribution in [0, 0.1) is 5.92 Å². The van der Waals surface area contributed by atoms with E-state index in [1.165, 1.54) is 12.3 Å². The second-order valence-corrected chi connectivity index (χ2v) is 10.1. The number of nitrogens with one attached hydrogen (secondary N) is 1. The summed E-state index contributed by atoms with van der Waals surface area (Å²) in [4.78, 5) is 27.6. The van der Waals surface area contributed by atoms with E-state index in [9.17, 15) is 18.0 Å². The molecule has 32 heavy (non-hydrogen) atoms. The average Bonchev–Trinajstić information content (AvgIpc) is 3.30. The fraction of sp³-hybridized carbons (Fsp3) is 0.304. The fourth-order valence-corrected chi connectivity index (χ4v) is 5.94. The van der Waals surface area contributed by atoms with Crippen LogP contribution < -0.4 is 10.3 Å². The molecule has 0 radical (unpaired) electrons. The van der Waals surface area contributed by atoms with Gasteiger partial charge in [-0.25, -0.2) is 8.42 Å². The number of likely N-dealkylation sites (tertiary alicyclic amines) is 1. The van der Waals surface area contributed by atoms with Gasteiger partial charge in [-0.2, -0.15) is 0 Å². The fourth-order valence-electron chi connectivity index (χ4n) is 4.74. The van der Waals surface area contributed by atoms with Crippen molar-refractivity contribution in [1.29, 1.82) is 0 Å². The van der Waals surface area contributed by atoms with Gasteiger partial charge in [0.15, 0.2) is 5.76 Å². The van der Waals surface area contributed by atoms with Gasteiger partial charge < -0.3 is 13.9 Å². The lowest BCUT2D eigenvalue weighted by Crippen LogP contribution is -2.49. The normalized spacial score (nSPS) is 19.9. The molecule has 4 heterocycles. The van der Waals surface area contributed by atoms with Gasteiger partial charge in [0.1, 0.15) is 5.69 Å². The molecule has 2 bridgehead atoms. The molecule has 0 aliphatic carbocycles. The predicted molar refractivity (Wildman–Crippen MR) is 119 cm³/mol. The number of furan rings is 1. The summed E-state index contributed by atoms with van der Waals surface area (Å²) in [5.74, 6) is 0.0962. The Kier molecular flexibility index (Phi) is 5.13. The van der Waals surface area contributed by atoms with Crippen LogP contribution in [0.1, 0.15) is 34.2 Å². The molecule has 3 aromatic rings. The van der Waals surface area contributed by atoms with Crippen LogP contribution >= 0.6 is 0 Å². The van der Waals surface area contributed by atoms with Crippen LogP contribution in [0.2, 0.25) is 0 Å². The third kappa shape index (κ3) is 3.95. The molecule has 1 amide bonds. The first kappa shape index (κ1) is 20.6. The van der Waals surface area contributed by atoms with E-state index in [0.29, 0.717) is 31.0 Å². The monoisotopic (exact) mass is 453 g/mol. The van der Waals surface area contributed by atoms with E-state index in [1.54, 1.807) is 51.9 Å². The van der Waals surface area contributed by atoms with E-state index in [2.05, 4.69) is 4.72 Å². The molecule has 2 atom stereocenters. The van der Waals surface area contributed by atoms with Gasteiger partial charge in [0.05, 0.1) is 12.0 Å². The lowest BCUT2D eigenvalue weighted by molar-refractivity contribution is 0.0564. The van der Waals surface area contributed by atoms with E-state index in [1.807, 2.05) is 6.07 Å². The van der Waals surface area contributed by atoms with E-state index in [-0.39, 0.29) is 34.7 Å².